The Morgan fingerprint density at radius 1 is 1.25 bits per heavy atom. The molecule has 118 valence electrons. The van der Waals surface area contributed by atoms with Crippen LogP contribution in [0.15, 0.2) is 0 Å². The highest BCUT2D eigenvalue weighted by Gasteiger charge is 2.44. The lowest BCUT2D eigenvalue weighted by Gasteiger charge is -2.38. The lowest BCUT2D eigenvalue weighted by Crippen LogP contribution is -2.52. The number of carbonyl (C=O) groups is 1. The van der Waals surface area contributed by atoms with Gasteiger partial charge in [-0.15, -0.1) is 0 Å². The van der Waals surface area contributed by atoms with Crippen LogP contribution in [-0.4, -0.2) is 51.7 Å². The second-order valence-corrected chi connectivity index (χ2v) is 9.72. The summed E-state index contributed by atoms with van der Waals surface area (Å²) in [5.41, 5.74) is -1.14. The summed E-state index contributed by atoms with van der Waals surface area (Å²) < 4.78 is 48.2. The SMILES string of the molecule is CC1(C(=O)O)CCCCC1NS(=O)(=O)CCS(C)(=O)=O. The molecule has 1 rings (SSSR count). The first-order chi connectivity index (χ1) is 8.96. The molecule has 0 bridgehead atoms. The molecule has 0 radical (unpaired) electrons. The van der Waals surface area contributed by atoms with Gasteiger partial charge in [-0.05, 0) is 19.8 Å². The summed E-state index contributed by atoms with van der Waals surface area (Å²) in [5, 5.41) is 9.29. The van der Waals surface area contributed by atoms with E-state index in [9.17, 15) is 26.7 Å². The number of sulfonamides is 1. The van der Waals surface area contributed by atoms with Crippen LogP contribution in [0.5, 0.6) is 0 Å². The standard InChI is InChI=1S/C11H21NO6S2/c1-11(10(13)14)6-4-3-5-9(11)12-20(17,18)8-7-19(2,15)16/h9,12H,3-8H2,1-2H3,(H,13,14). The number of hydrogen-bond donors (Lipinski definition) is 2. The van der Waals surface area contributed by atoms with Gasteiger partial charge in [0, 0.05) is 12.3 Å². The van der Waals surface area contributed by atoms with Crippen molar-refractivity contribution in [2.24, 2.45) is 5.41 Å². The number of aliphatic carboxylic acids is 1. The number of sulfone groups is 1. The van der Waals surface area contributed by atoms with Gasteiger partial charge in [0.25, 0.3) is 0 Å². The molecule has 9 heteroatoms. The lowest BCUT2D eigenvalue weighted by molar-refractivity contribution is -0.151. The van der Waals surface area contributed by atoms with E-state index in [4.69, 9.17) is 0 Å². The maximum Gasteiger partial charge on any atom is 0.310 e. The van der Waals surface area contributed by atoms with E-state index in [-0.39, 0.29) is 0 Å². The maximum atomic E-state index is 11.9. The predicted octanol–water partition coefficient (Wildman–Crippen LogP) is -0.0161. The maximum absolute atomic E-state index is 11.9. The van der Waals surface area contributed by atoms with Gasteiger partial charge in [-0.3, -0.25) is 4.79 Å². The van der Waals surface area contributed by atoms with Gasteiger partial charge in [-0.1, -0.05) is 12.8 Å². The van der Waals surface area contributed by atoms with E-state index in [0.717, 1.165) is 19.1 Å². The van der Waals surface area contributed by atoms with Crippen molar-refractivity contribution < 1.29 is 26.7 Å². The van der Waals surface area contributed by atoms with Crippen molar-refractivity contribution >= 4 is 25.8 Å². The van der Waals surface area contributed by atoms with Crippen LogP contribution in [0, 0.1) is 5.41 Å². The zero-order chi connectivity index (χ0) is 15.6. The van der Waals surface area contributed by atoms with Crippen molar-refractivity contribution in [1.29, 1.82) is 0 Å². The van der Waals surface area contributed by atoms with Crippen LogP contribution < -0.4 is 4.72 Å². The lowest BCUT2D eigenvalue weighted by atomic mass is 9.72. The summed E-state index contributed by atoms with van der Waals surface area (Å²) in [4.78, 5) is 11.4. The van der Waals surface area contributed by atoms with Crippen molar-refractivity contribution in [1.82, 2.24) is 4.72 Å². The molecule has 7 nitrogen and oxygen atoms in total. The molecule has 1 aliphatic carbocycles. The van der Waals surface area contributed by atoms with Gasteiger partial charge in [0.2, 0.25) is 10.0 Å². The third-order valence-corrected chi connectivity index (χ3v) is 6.33. The van der Waals surface area contributed by atoms with E-state index in [0.29, 0.717) is 12.8 Å². The smallest absolute Gasteiger partial charge is 0.310 e. The van der Waals surface area contributed by atoms with Crippen LogP contribution in [0.3, 0.4) is 0 Å². The van der Waals surface area contributed by atoms with Crippen molar-refractivity contribution in [3.05, 3.63) is 0 Å². The third-order valence-electron chi connectivity index (χ3n) is 3.74. The van der Waals surface area contributed by atoms with Crippen LogP contribution in [0.2, 0.25) is 0 Å². The number of carboxylic acid groups (broad SMARTS) is 1. The fourth-order valence-corrected chi connectivity index (χ4v) is 5.33. The third kappa shape index (κ3) is 4.71. The topological polar surface area (TPSA) is 118 Å². The quantitative estimate of drug-likeness (QED) is 0.708. The molecule has 0 heterocycles. The number of rotatable bonds is 6. The normalized spacial score (nSPS) is 28.2. The van der Waals surface area contributed by atoms with Crippen molar-refractivity contribution in [2.45, 2.75) is 38.6 Å². The summed E-state index contributed by atoms with van der Waals surface area (Å²) in [6, 6.07) is -0.696. The molecule has 0 spiro atoms. The average Bonchev–Trinajstić information content (AvgIpc) is 2.29. The van der Waals surface area contributed by atoms with E-state index in [1.807, 2.05) is 0 Å². The molecular formula is C11H21NO6S2. The second kappa shape index (κ2) is 5.98. The highest BCUT2D eigenvalue weighted by molar-refractivity contribution is 7.93. The Morgan fingerprint density at radius 3 is 2.35 bits per heavy atom. The molecule has 1 aliphatic rings. The molecule has 0 aliphatic heterocycles. The molecule has 0 aromatic heterocycles. The summed E-state index contributed by atoms with van der Waals surface area (Å²) >= 11 is 0. The van der Waals surface area contributed by atoms with E-state index >= 15 is 0 Å². The molecule has 1 fully saturated rings. The Bertz CT molecular complexity index is 568. The van der Waals surface area contributed by atoms with Crippen molar-refractivity contribution in [2.75, 3.05) is 17.8 Å². The first-order valence-electron chi connectivity index (χ1n) is 6.37. The molecule has 20 heavy (non-hydrogen) atoms. The van der Waals surface area contributed by atoms with E-state index < -0.39 is 48.8 Å². The number of carboxylic acids is 1. The van der Waals surface area contributed by atoms with E-state index in [2.05, 4.69) is 4.72 Å². The van der Waals surface area contributed by atoms with Crippen LogP contribution in [-0.2, 0) is 24.7 Å². The highest BCUT2D eigenvalue weighted by atomic mass is 32.2. The predicted molar refractivity (Wildman–Crippen MR) is 74.6 cm³/mol. The summed E-state index contributed by atoms with van der Waals surface area (Å²) in [5.74, 6) is -2.05. The molecule has 2 unspecified atom stereocenters. The van der Waals surface area contributed by atoms with Gasteiger partial charge in [0.1, 0.15) is 9.84 Å². The highest BCUT2D eigenvalue weighted by Crippen LogP contribution is 2.36. The average molecular weight is 327 g/mol. The van der Waals surface area contributed by atoms with Gasteiger partial charge >= 0.3 is 5.97 Å². The zero-order valence-corrected chi connectivity index (χ0v) is 13.3. The molecule has 0 aromatic rings. The Balaban J connectivity index is 2.81. The van der Waals surface area contributed by atoms with Gasteiger partial charge < -0.3 is 5.11 Å². The van der Waals surface area contributed by atoms with Crippen LogP contribution in [0.4, 0.5) is 0 Å². The van der Waals surface area contributed by atoms with Gasteiger partial charge in [-0.2, -0.15) is 0 Å². The first kappa shape index (κ1) is 17.4. The van der Waals surface area contributed by atoms with Crippen molar-refractivity contribution in [3.8, 4) is 0 Å². The summed E-state index contributed by atoms with van der Waals surface area (Å²) in [7, 11) is -7.19. The first-order valence-corrected chi connectivity index (χ1v) is 10.1. The van der Waals surface area contributed by atoms with Gasteiger partial charge in [0.05, 0.1) is 16.9 Å². The summed E-state index contributed by atoms with van der Waals surface area (Å²) in [6.45, 7) is 1.53. The van der Waals surface area contributed by atoms with E-state index in [1.54, 1.807) is 0 Å². The molecule has 2 N–H and O–H groups in total. The fraction of sp³-hybridized carbons (Fsp3) is 0.909. The Labute approximate surface area is 119 Å². The molecule has 1 saturated carbocycles. The van der Waals surface area contributed by atoms with Crippen LogP contribution >= 0.6 is 0 Å². The largest absolute Gasteiger partial charge is 0.481 e. The molecule has 0 amide bonds. The van der Waals surface area contributed by atoms with Gasteiger partial charge in [0.15, 0.2) is 0 Å². The molecule has 0 saturated heterocycles. The minimum Gasteiger partial charge on any atom is -0.481 e. The molecule has 0 aromatic carbocycles. The summed E-state index contributed by atoms with van der Waals surface area (Å²) in [6.07, 6.45) is 3.31. The van der Waals surface area contributed by atoms with E-state index in [1.165, 1.54) is 6.92 Å². The molecule has 2 atom stereocenters. The Hall–Kier alpha value is -0.670. The minimum atomic E-state index is -3.81. The number of nitrogens with one attached hydrogen (secondary N) is 1. The fourth-order valence-electron chi connectivity index (χ4n) is 2.32. The Morgan fingerprint density at radius 2 is 1.85 bits per heavy atom. The van der Waals surface area contributed by atoms with Gasteiger partial charge in [-0.25, -0.2) is 21.6 Å². The monoisotopic (exact) mass is 327 g/mol. The minimum absolute atomic E-state index is 0.404. The van der Waals surface area contributed by atoms with Crippen LogP contribution in [0.1, 0.15) is 32.6 Å². The zero-order valence-electron chi connectivity index (χ0n) is 11.6. The van der Waals surface area contributed by atoms with Crippen molar-refractivity contribution in [3.63, 3.8) is 0 Å². The molecular weight excluding hydrogens is 306 g/mol. The Kier molecular flexibility index (Phi) is 5.20. The van der Waals surface area contributed by atoms with Crippen LogP contribution in [0.25, 0.3) is 0 Å². The number of hydrogen-bond acceptors (Lipinski definition) is 5. The second-order valence-electron chi connectivity index (χ2n) is 5.59.